The van der Waals surface area contributed by atoms with Gasteiger partial charge in [0, 0.05) is 29.3 Å². The molecule has 0 aliphatic heterocycles. The second-order valence-electron chi connectivity index (χ2n) is 5.69. The summed E-state index contributed by atoms with van der Waals surface area (Å²) in [6.07, 6.45) is 3.29. The minimum Gasteiger partial charge on any atom is -0.497 e. The van der Waals surface area contributed by atoms with Crippen molar-refractivity contribution in [2.75, 3.05) is 20.8 Å². The number of thiazole rings is 1. The Morgan fingerprint density at radius 3 is 2.64 bits per heavy atom. The highest BCUT2D eigenvalue weighted by molar-refractivity contribution is 7.07. The van der Waals surface area contributed by atoms with Gasteiger partial charge < -0.3 is 9.47 Å². The Morgan fingerprint density at radius 1 is 1.20 bits per heavy atom. The molecule has 2 aromatic rings. The van der Waals surface area contributed by atoms with Gasteiger partial charge in [-0.05, 0) is 38.8 Å². The molecule has 1 aromatic carbocycles. The first kappa shape index (κ1) is 19.2. The summed E-state index contributed by atoms with van der Waals surface area (Å²) in [6.45, 7) is 7.02. The number of benzene rings is 1. The van der Waals surface area contributed by atoms with Crippen LogP contribution in [0.25, 0.3) is 11.3 Å². The number of unbranched alkanes of at least 4 members (excludes halogenated alkanes) is 1. The second kappa shape index (κ2) is 9.42. The number of hydrogen-bond acceptors (Lipinski definition) is 5. The van der Waals surface area contributed by atoms with Crippen molar-refractivity contribution in [3.63, 3.8) is 0 Å². The maximum absolute atomic E-state index is 5.57. The molecule has 0 amide bonds. The third-order valence-corrected chi connectivity index (χ3v) is 4.68. The summed E-state index contributed by atoms with van der Waals surface area (Å²) in [5.41, 5.74) is 3.06. The molecular weight excluding hydrogens is 334 g/mol. The molecule has 6 heteroatoms. The zero-order chi connectivity index (χ0) is 18.2. The van der Waals surface area contributed by atoms with Crippen molar-refractivity contribution in [3.8, 4) is 22.8 Å². The van der Waals surface area contributed by atoms with Gasteiger partial charge in [-0.25, -0.2) is 4.68 Å². The first-order chi connectivity index (χ1) is 12.1. The Labute approximate surface area is 153 Å². The number of rotatable bonds is 8. The van der Waals surface area contributed by atoms with Crippen molar-refractivity contribution in [2.24, 2.45) is 10.1 Å². The zero-order valence-electron chi connectivity index (χ0n) is 15.7. The van der Waals surface area contributed by atoms with E-state index in [1.807, 2.05) is 29.8 Å². The molecule has 0 N–H and O–H groups in total. The maximum atomic E-state index is 5.57. The van der Waals surface area contributed by atoms with Gasteiger partial charge in [0.15, 0.2) is 0 Å². The van der Waals surface area contributed by atoms with Crippen molar-refractivity contribution < 1.29 is 9.47 Å². The summed E-state index contributed by atoms with van der Waals surface area (Å²) >= 11 is 1.59. The summed E-state index contributed by atoms with van der Waals surface area (Å²) in [5.74, 6) is 1.53. The molecule has 0 saturated heterocycles. The standard InChI is InChI=1S/C19H27N3O2S/c1-6-8-9-14(3)21-22-17(13-25-19(22)20-7-2)16-11-10-15(23-4)12-18(16)24-5/h10-13H,6-9H2,1-5H3. The van der Waals surface area contributed by atoms with E-state index >= 15 is 0 Å². The predicted molar refractivity (Wildman–Crippen MR) is 105 cm³/mol. The van der Waals surface area contributed by atoms with Crippen LogP contribution in [0.2, 0.25) is 0 Å². The first-order valence-corrected chi connectivity index (χ1v) is 9.50. The van der Waals surface area contributed by atoms with Crippen LogP contribution in [0.1, 0.15) is 40.0 Å². The minimum atomic E-state index is 0.725. The quantitative estimate of drug-likeness (QED) is 0.647. The van der Waals surface area contributed by atoms with Gasteiger partial charge in [-0.1, -0.05) is 13.3 Å². The van der Waals surface area contributed by atoms with Crippen molar-refractivity contribution in [2.45, 2.75) is 40.0 Å². The van der Waals surface area contributed by atoms with E-state index in [1.54, 1.807) is 25.6 Å². The van der Waals surface area contributed by atoms with Crippen LogP contribution in [-0.2, 0) is 0 Å². The molecule has 25 heavy (non-hydrogen) atoms. The predicted octanol–water partition coefficient (Wildman–Crippen LogP) is 4.57. The van der Waals surface area contributed by atoms with Gasteiger partial charge in [-0.2, -0.15) is 5.10 Å². The minimum absolute atomic E-state index is 0.725. The Morgan fingerprint density at radius 2 is 2.00 bits per heavy atom. The average Bonchev–Trinajstić information content (AvgIpc) is 3.01. The molecule has 0 radical (unpaired) electrons. The van der Waals surface area contributed by atoms with Crippen LogP contribution in [0.3, 0.4) is 0 Å². The molecule has 5 nitrogen and oxygen atoms in total. The molecule has 0 unspecified atom stereocenters. The van der Waals surface area contributed by atoms with Gasteiger partial charge >= 0.3 is 0 Å². The van der Waals surface area contributed by atoms with Crippen LogP contribution in [0.4, 0.5) is 0 Å². The molecule has 0 aliphatic rings. The molecule has 0 saturated carbocycles. The highest BCUT2D eigenvalue weighted by Gasteiger charge is 2.14. The number of aromatic nitrogens is 1. The lowest BCUT2D eigenvalue weighted by Gasteiger charge is -2.11. The molecule has 1 aromatic heterocycles. The highest BCUT2D eigenvalue weighted by atomic mass is 32.1. The Balaban J connectivity index is 2.57. The number of nitrogens with zero attached hydrogens (tertiary/aromatic N) is 3. The lowest BCUT2D eigenvalue weighted by atomic mass is 10.1. The van der Waals surface area contributed by atoms with Crippen LogP contribution < -0.4 is 14.3 Å². The van der Waals surface area contributed by atoms with E-state index in [4.69, 9.17) is 14.6 Å². The lowest BCUT2D eigenvalue weighted by molar-refractivity contribution is 0.395. The third kappa shape index (κ3) is 4.72. The van der Waals surface area contributed by atoms with Crippen molar-refractivity contribution in [3.05, 3.63) is 28.4 Å². The van der Waals surface area contributed by atoms with Gasteiger partial charge in [0.2, 0.25) is 4.80 Å². The second-order valence-corrected chi connectivity index (χ2v) is 6.53. The fourth-order valence-corrected chi connectivity index (χ4v) is 3.38. The van der Waals surface area contributed by atoms with Crippen molar-refractivity contribution >= 4 is 17.0 Å². The topological polar surface area (TPSA) is 48.1 Å². The average molecular weight is 362 g/mol. The number of methoxy groups -OCH3 is 2. The molecule has 2 rings (SSSR count). The molecule has 0 aliphatic carbocycles. The van der Waals surface area contributed by atoms with E-state index in [2.05, 4.69) is 24.2 Å². The van der Waals surface area contributed by atoms with Crippen LogP contribution in [0.15, 0.2) is 33.7 Å². The van der Waals surface area contributed by atoms with Gasteiger partial charge in [-0.15, -0.1) is 11.3 Å². The molecule has 0 bridgehead atoms. The van der Waals surface area contributed by atoms with Crippen LogP contribution >= 0.6 is 11.3 Å². The fourth-order valence-electron chi connectivity index (χ4n) is 2.49. The van der Waals surface area contributed by atoms with E-state index in [0.717, 1.165) is 59.1 Å². The summed E-state index contributed by atoms with van der Waals surface area (Å²) in [4.78, 5) is 5.48. The van der Waals surface area contributed by atoms with Gasteiger partial charge in [-0.3, -0.25) is 4.99 Å². The third-order valence-electron chi connectivity index (χ3n) is 3.83. The smallest absolute Gasteiger partial charge is 0.206 e. The molecule has 136 valence electrons. The van der Waals surface area contributed by atoms with Crippen LogP contribution in [0, 0.1) is 0 Å². The largest absolute Gasteiger partial charge is 0.497 e. The SMILES string of the molecule is CCCCC(C)=Nn1c(-c2ccc(OC)cc2OC)csc1=NCC. The highest BCUT2D eigenvalue weighted by Crippen LogP contribution is 2.33. The molecule has 0 atom stereocenters. The Hall–Kier alpha value is -2.08. The Kier molecular flexibility index (Phi) is 7.25. The number of hydrogen-bond donors (Lipinski definition) is 0. The van der Waals surface area contributed by atoms with E-state index in [9.17, 15) is 0 Å². The summed E-state index contributed by atoms with van der Waals surface area (Å²) in [6, 6.07) is 5.83. The molecule has 0 fully saturated rings. The molecular formula is C19H27N3O2S. The fraction of sp³-hybridized carbons (Fsp3) is 0.474. The summed E-state index contributed by atoms with van der Waals surface area (Å²) in [7, 11) is 3.32. The lowest BCUT2D eigenvalue weighted by Crippen LogP contribution is -2.14. The van der Waals surface area contributed by atoms with Crippen LogP contribution in [-0.4, -0.2) is 31.2 Å². The normalized spacial score (nSPS) is 12.5. The van der Waals surface area contributed by atoms with Gasteiger partial charge in [0.1, 0.15) is 11.5 Å². The summed E-state index contributed by atoms with van der Waals surface area (Å²) in [5, 5.41) is 6.91. The van der Waals surface area contributed by atoms with Crippen molar-refractivity contribution in [1.29, 1.82) is 0 Å². The van der Waals surface area contributed by atoms with Gasteiger partial charge in [0.05, 0.1) is 19.9 Å². The van der Waals surface area contributed by atoms with E-state index in [-0.39, 0.29) is 0 Å². The monoisotopic (exact) mass is 361 g/mol. The van der Waals surface area contributed by atoms with E-state index in [1.165, 1.54) is 0 Å². The first-order valence-electron chi connectivity index (χ1n) is 8.62. The number of ether oxygens (including phenoxy) is 2. The van der Waals surface area contributed by atoms with Crippen molar-refractivity contribution in [1.82, 2.24) is 4.68 Å². The molecule has 0 spiro atoms. The maximum Gasteiger partial charge on any atom is 0.206 e. The molecule has 1 heterocycles. The van der Waals surface area contributed by atoms with Crippen LogP contribution in [0.5, 0.6) is 11.5 Å². The zero-order valence-corrected chi connectivity index (χ0v) is 16.5. The van der Waals surface area contributed by atoms with Gasteiger partial charge in [0.25, 0.3) is 0 Å². The Bertz CT molecular complexity index is 790. The summed E-state index contributed by atoms with van der Waals surface area (Å²) < 4.78 is 12.8. The van der Waals surface area contributed by atoms with E-state index in [0.29, 0.717) is 0 Å². The van der Waals surface area contributed by atoms with E-state index < -0.39 is 0 Å².